The summed E-state index contributed by atoms with van der Waals surface area (Å²) in [7, 11) is 0. The van der Waals surface area contributed by atoms with E-state index >= 15 is 0 Å². The zero-order valence-electron chi connectivity index (χ0n) is 15.3. The molecule has 0 saturated carbocycles. The second kappa shape index (κ2) is 9.36. The maximum absolute atomic E-state index is 12.1. The van der Waals surface area contributed by atoms with Gasteiger partial charge in [-0.2, -0.15) is 0 Å². The smallest absolute Gasteiger partial charge is 0.251 e. The molecule has 2 aromatic rings. The van der Waals surface area contributed by atoms with Gasteiger partial charge in [0.25, 0.3) is 5.91 Å². The summed E-state index contributed by atoms with van der Waals surface area (Å²) in [4.78, 5) is 24.2. The lowest BCUT2D eigenvalue weighted by atomic mass is 10.0. The first-order chi connectivity index (χ1) is 11.7. The van der Waals surface area contributed by atoms with E-state index in [0.29, 0.717) is 11.3 Å². The standard InChI is InChI=1S/C20H25N3O2.ClH/c1-20(2,3)23-19(25)15-9-11-16(12-10-15)22-18(24)13-17(21)14-7-5-4-6-8-14;/h4-12,17H,13,21H2,1-3H3,(H,22,24)(H,23,25);1H. The van der Waals surface area contributed by atoms with E-state index in [9.17, 15) is 9.59 Å². The van der Waals surface area contributed by atoms with E-state index in [-0.39, 0.29) is 42.2 Å². The van der Waals surface area contributed by atoms with Gasteiger partial charge in [0, 0.05) is 29.3 Å². The van der Waals surface area contributed by atoms with Crippen LogP contribution in [0.4, 0.5) is 5.69 Å². The Morgan fingerprint density at radius 3 is 2.12 bits per heavy atom. The number of amides is 2. The summed E-state index contributed by atoms with van der Waals surface area (Å²) in [6, 6.07) is 16.0. The van der Waals surface area contributed by atoms with E-state index in [0.717, 1.165) is 5.56 Å². The highest BCUT2D eigenvalue weighted by Gasteiger charge is 2.15. The number of anilines is 1. The van der Waals surface area contributed by atoms with Crippen LogP contribution >= 0.6 is 12.4 Å². The minimum Gasteiger partial charge on any atom is -0.347 e. The van der Waals surface area contributed by atoms with Gasteiger partial charge in [0.05, 0.1) is 0 Å². The predicted molar refractivity (Wildman–Crippen MR) is 108 cm³/mol. The molecule has 2 aromatic carbocycles. The third kappa shape index (κ3) is 6.86. The molecular weight excluding hydrogens is 350 g/mol. The van der Waals surface area contributed by atoms with Gasteiger partial charge in [-0.3, -0.25) is 9.59 Å². The minimum atomic E-state index is -0.349. The summed E-state index contributed by atoms with van der Waals surface area (Å²) >= 11 is 0. The van der Waals surface area contributed by atoms with Crippen molar-refractivity contribution in [2.24, 2.45) is 5.73 Å². The molecule has 0 aliphatic carbocycles. The van der Waals surface area contributed by atoms with E-state index < -0.39 is 0 Å². The Hall–Kier alpha value is -2.37. The van der Waals surface area contributed by atoms with Gasteiger partial charge in [-0.05, 0) is 50.6 Å². The number of hydrogen-bond donors (Lipinski definition) is 3. The molecule has 0 aliphatic heterocycles. The van der Waals surface area contributed by atoms with Crippen LogP contribution in [0.25, 0.3) is 0 Å². The van der Waals surface area contributed by atoms with Gasteiger partial charge in [-0.25, -0.2) is 0 Å². The molecule has 4 N–H and O–H groups in total. The maximum Gasteiger partial charge on any atom is 0.251 e. The van der Waals surface area contributed by atoms with Crippen LogP contribution in [0.2, 0.25) is 0 Å². The highest BCUT2D eigenvalue weighted by molar-refractivity contribution is 5.96. The molecule has 2 rings (SSSR count). The number of carbonyl (C=O) groups is 2. The number of carbonyl (C=O) groups excluding carboxylic acids is 2. The lowest BCUT2D eigenvalue weighted by Gasteiger charge is -2.20. The second-order valence-corrected chi connectivity index (χ2v) is 7.05. The third-order valence-electron chi connectivity index (χ3n) is 3.55. The number of nitrogens with one attached hydrogen (secondary N) is 2. The van der Waals surface area contributed by atoms with Gasteiger partial charge >= 0.3 is 0 Å². The van der Waals surface area contributed by atoms with Crippen LogP contribution in [0.3, 0.4) is 0 Å². The number of hydrogen-bond acceptors (Lipinski definition) is 3. The van der Waals surface area contributed by atoms with Crippen LogP contribution in [-0.4, -0.2) is 17.4 Å². The van der Waals surface area contributed by atoms with Crippen LogP contribution in [0.1, 0.15) is 49.2 Å². The van der Waals surface area contributed by atoms with Crippen molar-refractivity contribution < 1.29 is 9.59 Å². The first-order valence-electron chi connectivity index (χ1n) is 8.27. The fourth-order valence-corrected chi connectivity index (χ4v) is 2.35. The molecule has 0 fully saturated rings. The molecule has 2 amide bonds. The highest BCUT2D eigenvalue weighted by atomic mass is 35.5. The number of benzene rings is 2. The average Bonchev–Trinajstić information content (AvgIpc) is 2.54. The molecular formula is C20H26ClN3O2. The summed E-state index contributed by atoms with van der Waals surface area (Å²) in [6.07, 6.45) is 0.191. The maximum atomic E-state index is 12.1. The van der Waals surface area contributed by atoms with Crippen LogP contribution < -0.4 is 16.4 Å². The molecule has 5 nitrogen and oxygen atoms in total. The van der Waals surface area contributed by atoms with Gasteiger partial charge < -0.3 is 16.4 Å². The van der Waals surface area contributed by atoms with Crippen molar-refractivity contribution in [1.82, 2.24) is 5.32 Å². The summed E-state index contributed by atoms with van der Waals surface area (Å²) in [5, 5.41) is 5.70. The average molecular weight is 376 g/mol. The normalized spacial score (nSPS) is 11.8. The van der Waals surface area contributed by atoms with E-state index in [1.54, 1.807) is 24.3 Å². The first-order valence-corrected chi connectivity index (χ1v) is 8.27. The van der Waals surface area contributed by atoms with Crippen LogP contribution in [0, 0.1) is 0 Å². The van der Waals surface area contributed by atoms with Gasteiger partial charge in [0.15, 0.2) is 0 Å². The zero-order valence-corrected chi connectivity index (χ0v) is 16.1. The number of nitrogens with two attached hydrogens (primary N) is 1. The molecule has 1 unspecified atom stereocenters. The number of halogens is 1. The Bertz CT molecular complexity index is 725. The monoisotopic (exact) mass is 375 g/mol. The molecule has 26 heavy (non-hydrogen) atoms. The van der Waals surface area contributed by atoms with Gasteiger partial charge in [-0.1, -0.05) is 30.3 Å². The van der Waals surface area contributed by atoms with Gasteiger partial charge in [0.2, 0.25) is 5.91 Å². The molecule has 1 atom stereocenters. The Morgan fingerprint density at radius 1 is 1.00 bits per heavy atom. The fourth-order valence-electron chi connectivity index (χ4n) is 2.35. The molecule has 0 bridgehead atoms. The Kier molecular flexibility index (Phi) is 7.80. The quantitative estimate of drug-likeness (QED) is 0.745. The van der Waals surface area contributed by atoms with Crippen LogP contribution in [0.5, 0.6) is 0 Å². The van der Waals surface area contributed by atoms with Gasteiger partial charge in [-0.15, -0.1) is 12.4 Å². The van der Waals surface area contributed by atoms with Crippen molar-refractivity contribution in [2.75, 3.05) is 5.32 Å². The Labute approximate surface area is 160 Å². The molecule has 6 heteroatoms. The number of rotatable bonds is 5. The van der Waals surface area contributed by atoms with Crippen molar-refractivity contribution in [2.45, 2.75) is 38.8 Å². The van der Waals surface area contributed by atoms with E-state index in [4.69, 9.17) is 5.73 Å². The molecule has 0 radical (unpaired) electrons. The summed E-state index contributed by atoms with van der Waals surface area (Å²) < 4.78 is 0. The Morgan fingerprint density at radius 2 is 1.58 bits per heavy atom. The third-order valence-corrected chi connectivity index (χ3v) is 3.55. The van der Waals surface area contributed by atoms with Crippen LogP contribution in [-0.2, 0) is 4.79 Å². The SMILES string of the molecule is CC(C)(C)NC(=O)c1ccc(NC(=O)CC(N)c2ccccc2)cc1.Cl. The van der Waals surface area contributed by atoms with E-state index in [1.807, 2.05) is 51.1 Å². The fraction of sp³-hybridized carbons (Fsp3) is 0.300. The Balaban J connectivity index is 0.00000338. The van der Waals surface area contributed by atoms with E-state index in [1.165, 1.54) is 0 Å². The molecule has 0 heterocycles. The lowest BCUT2D eigenvalue weighted by Crippen LogP contribution is -2.40. The predicted octanol–water partition coefficient (Wildman–Crippen LogP) is 3.67. The lowest BCUT2D eigenvalue weighted by molar-refractivity contribution is -0.116. The zero-order chi connectivity index (χ0) is 18.4. The van der Waals surface area contributed by atoms with Crippen LogP contribution in [0.15, 0.2) is 54.6 Å². The molecule has 0 aromatic heterocycles. The molecule has 140 valence electrons. The molecule has 0 saturated heterocycles. The summed E-state index contributed by atoms with van der Waals surface area (Å²) in [6.45, 7) is 5.78. The molecule has 0 spiro atoms. The van der Waals surface area contributed by atoms with Gasteiger partial charge in [0.1, 0.15) is 0 Å². The second-order valence-electron chi connectivity index (χ2n) is 7.05. The van der Waals surface area contributed by atoms with Crippen molar-refractivity contribution in [3.8, 4) is 0 Å². The highest BCUT2D eigenvalue weighted by Crippen LogP contribution is 2.16. The topological polar surface area (TPSA) is 84.2 Å². The van der Waals surface area contributed by atoms with Crippen molar-refractivity contribution in [1.29, 1.82) is 0 Å². The minimum absolute atomic E-state index is 0. The van der Waals surface area contributed by atoms with Crippen molar-refractivity contribution in [3.05, 3.63) is 65.7 Å². The summed E-state index contributed by atoms with van der Waals surface area (Å²) in [5.74, 6) is -0.306. The van der Waals surface area contributed by atoms with Crippen molar-refractivity contribution >= 4 is 29.9 Å². The van der Waals surface area contributed by atoms with Crippen molar-refractivity contribution in [3.63, 3.8) is 0 Å². The molecule has 0 aliphatic rings. The summed E-state index contributed by atoms with van der Waals surface area (Å²) in [5.41, 5.74) is 7.87. The largest absolute Gasteiger partial charge is 0.347 e. The first kappa shape index (κ1) is 21.7. The van der Waals surface area contributed by atoms with E-state index in [2.05, 4.69) is 10.6 Å².